The van der Waals surface area contributed by atoms with Crippen LogP contribution in [0.2, 0.25) is 5.02 Å². The Labute approximate surface area is 118 Å². The van der Waals surface area contributed by atoms with Crippen LogP contribution in [0.25, 0.3) is 0 Å². The molecule has 0 aliphatic rings. The van der Waals surface area contributed by atoms with Crippen molar-refractivity contribution in [1.29, 1.82) is 5.26 Å². The lowest BCUT2D eigenvalue weighted by atomic mass is 10.1. The molecule has 0 aliphatic heterocycles. The van der Waals surface area contributed by atoms with Gasteiger partial charge in [-0.25, -0.2) is 4.39 Å². The van der Waals surface area contributed by atoms with Gasteiger partial charge in [-0.05, 0) is 11.6 Å². The molecule has 0 radical (unpaired) electrons. The maximum atomic E-state index is 13.7. The molecule has 0 N–H and O–H groups in total. The zero-order chi connectivity index (χ0) is 13.7. The van der Waals surface area contributed by atoms with Gasteiger partial charge in [0, 0.05) is 6.42 Å². The standard InChI is InChI=1S/C12H9ClFN3OS/c13-9-3-1-2-8(12(9)14)6-10-16-11(18-17-10)7-19-5-4-15/h1-3H,5-7H2. The summed E-state index contributed by atoms with van der Waals surface area (Å²) in [6, 6.07) is 6.79. The van der Waals surface area contributed by atoms with E-state index in [0.717, 1.165) is 0 Å². The topological polar surface area (TPSA) is 62.7 Å². The summed E-state index contributed by atoms with van der Waals surface area (Å²) in [5.41, 5.74) is 0.421. The van der Waals surface area contributed by atoms with Crippen LogP contribution in [0.5, 0.6) is 0 Å². The van der Waals surface area contributed by atoms with Crippen LogP contribution >= 0.6 is 23.4 Å². The van der Waals surface area contributed by atoms with Crippen molar-refractivity contribution in [2.24, 2.45) is 0 Å². The van der Waals surface area contributed by atoms with E-state index in [4.69, 9.17) is 21.4 Å². The number of nitrogens with zero attached hydrogens (tertiary/aromatic N) is 3. The fourth-order valence-corrected chi connectivity index (χ4v) is 2.14. The minimum Gasteiger partial charge on any atom is -0.338 e. The molecule has 98 valence electrons. The highest BCUT2D eigenvalue weighted by atomic mass is 35.5. The Morgan fingerprint density at radius 2 is 2.32 bits per heavy atom. The third-order valence-electron chi connectivity index (χ3n) is 2.28. The molecule has 1 aromatic heterocycles. The molecule has 1 heterocycles. The predicted octanol–water partition coefficient (Wildman–Crippen LogP) is 3.21. The molecule has 0 amide bonds. The lowest BCUT2D eigenvalue weighted by Crippen LogP contribution is -1.95. The second kappa shape index (κ2) is 6.55. The van der Waals surface area contributed by atoms with E-state index >= 15 is 0 Å². The van der Waals surface area contributed by atoms with Crippen LogP contribution in [0.1, 0.15) is 17.3 Å². The van der Waals surface area contributed by atoms with Gasteiger partial charge in [-0.3, -0.25) is 0 Å². The molecule has 19 heavy (non-hydrogen) atoms. The third-order valence-corrected chi connectivity index (χ3v) is 3.36. The summed E-state index contributed by atoms with van der Waals surface area (Å²) in [6.45, 7) is 0. The van der Waals surface area contributed by atoms with E-state index < -0.39 is 5.82 Å². The zero-order valence-electron chi connectivity index (χ0n) is 9.77. The number of nitriles is 1. The third kappa shape index (κ3) is 3.69. The second-order valence-corrected chi connectivity index (χ2v) is 5.04. The molecule has 1 aromatic carbocycles. The molecule has 2 rings (SSSR count). The summed E-state index contributed by atoms with van der Waals surface area (Å²) in [7, 11) is 0. The molecular weight excluding hydrogens is 289 g/mol. The summed E-state index contributed by atoms with van der Waals surface area (Å²) in [6.07, 6.45) is 0.221. The Morgan fingerprint density at radius 3 is 3.11 bits per heavy atom. The number of benzene rings is 1. The minimum atomic E-state index is -0.464. The highest BCUT2D eigenvalue weighted by molar-refractivity contribution is 7.98. The van der Waals surface area contributed by atoms with E-state index in [1.54, 1.807) is 12.1 Å². The van der Waals surface area contributed by atoms with Gasteiger partial charge in [-0.15, -0.1) is 11.8 Å². The lowest BCUT2D eigenvalue weighted by Gasteiger charge is -2.00. The van der Waals surface area contributed by atoms with Crippen molar-refractivity contribution in [3.05, 3.63) is 46.3 Å². The van der Waals surface area contributed by atoms with Gasteiger partial charge in [0.15, 0.2) is 5.82 Å². The largest absolute Gasteiger partial charge is 0.338 e. The number of thioether (sulfide) groups is 1. The van der Waals surface area contributed by atoms with E-state index in [1.165, 1.54) is 17.8 Å². The zero-order valence-corrected chi connectivity index (χ0v) is 11.3. The van der Waals surface area contributed by atoms with Crippen LogP contribution in [0.4, 0.5) is 4.39 Å². The van der Waals surface area contributed by atoms with Crippen molar-refractivity contribution in [2.45, 2.75) is 12.2 Å². The Bertz CT molecular complexity index is 611. The maximum absolute atomic E-state index is 13.7. The molecule has 4 nitrogen and oxygen atoms in total. The average molecular weight is 298 g/mol. The Hall–Kier alpha value is -1.58. The number of hydrogen-bond donors (Lipinski definition) is 0. The molecule has 0 saturated heterocycles. The second-order valence-electron chi connectivity index (χ2n) is 3.64. The first-order valence-electron chi connectivity index (χ1n) is 5.39. The van der Waals surface area contributed by atoms with Gasteiger partial charge in [-0.1, -0.05) is 28.9 Å². The molecule has 0 bridgehead atoms. The van der Waals surface area contributed by atoms with E-state index in [2.05, 4.69) is 10.1 Å². The Balaban J connectivity index is 2.04. The normalized spacial score (nSPS) is 10.4. The van der Waals surface area contributed by atoms with Gasteiger partial charge in [0.25, 0.3) is 0 Å². The van der Waals surface area contributed by atoms with Gasteiger partial charge in [0.2, 0.25) is 5.89 Å². The van der Waals surface area contributed by atoms with Gasteiger partial charge in [0.05, 0.1) is 22.6 Å². The van der Waals surface area contributed by atoms with Crippen molar-refractivity contribution >= 4 is 23.4 Å². The Morgan fingerprint density at radius 1 is 1.47 bits per heavy atom. The number of aromatic nitrogens is 2. The van der Waals surface area contributed by atoms with Crippen LogP contribution in [0, 0.1) is 17.1 Å². The molecule has 0 saturated carbocycles. The minimum absolute atomic E-state index is 0.0748. The van der Waals surface area contributed by atoms with Crippen molar-refractivity contribution in [3.63, 3.8) is 0 Å². The van der Waals surface area contributed by atoms with Crippen LogP contribution in [-0.4, -0.2) is 15.9 Å². The number of rotatable bonds is 5. The molecular formula is C12H9ClFN3OS. The fraction of sp³-hybridized carbons (Fsp3) is 0.250. The number of hydrogen-bond acceptors (Lipinski definition) is 5. The SMILES string of the molecule is N#CCSCc1nc(Cc2cccc(Cl)c2F)no1. The molecule has 0 aliphatic carbocycles. The summed E-state index contributed by atoms with van der Waals surface area (Å²) < 4.78 is 18.7. The summed E-state index contributed by atoms with van der Waals surface area (Å²) in [4.78, 5) is 4.13. The van der Waals surface area contributed by atoms with Gasteiger partial charge in [-0.2, -0.15) is 10.2 Å². The van der Waals surface area contributed by atoms with Gasteiger partial charge >= 0.3 is 0 Å². The van der Waals surface area contributed by atoms with Crippen molar-refractivity contribution in [3.8, 4) is 6.07 Å². The van der Waals surface area contributed by atoms with E-state index in [1.807, 2.05) is 6.07 Å². The molecule has 0 unspecified atom stereocenters. The van der Waals surface area contributed by atoms with E-state index in [-0.39, 0.29) is 11.4 Å². The van der Waals surface area contributed by atoms with Crippen molar-refractivity contribution in [1.82, 2.24) is 10.1 Å². The highest BCUT2D eigenvalue weighted by Crippen LogP contribution is 2.20. The van der Waals surface area contributed by atoms with E-state index in [0.29, 0.717) is 28.8 Å². The van der Waals surface area contributed by atoms with Crippen LogP contribution < -0.4 is 0 Å². The van der Waals surface area contributed by atoms with Gasteiger partial charge in [0.1, 0.15) is 5.82 Å². The van der Waals surface area contributed by atoms with Crippen molar-refractivity contribution < 1.29 is 8.91 Å². The number of halogens is 2. The average Bonchev–Trinajstić information content (AvgIpc) is 2.83. The molecule has 0 spiro atoms. The molecule has 7 heteroatoms. The first-order chi connectivity index (χ1) is 9.20. The monoisotopic (exact) mass is 297 g/mol. The molecule has 2 aromatic rings. The quantitative estimate of drug-likeness (QED) is 0.793. The first kappa shape index (κ1) is 13.8. The predicted molar refractivity (Wildman–Crippen MR) is 70.3 cm³/mol. The first-order valence-corrected chi connectivity index (χ1v) is 6.93. The Kier molecular flexibility index (Phi) is 4.77. The van der Waals surface area contributed by atoms with Gasteiger partial charge < -0.3 is 4.52 Å². The van der Waals surface area contributed by atoms with Crippen LogP contribution in [-0.2, 0) is 12.2 Å². The summed E-state index contributed by atoms with van der Waals surface area (Å²) >= 11 is 7.08. The highest BCUT2D eigenvalue weighted by Gasteiger charge is 2.11. The molecule has 0 fully saturated rings. The van der Waals surface area contributed by atoms with Crippen LogP contribution in [0.15, 0.2) is 22.7 Å². The van der Waals surface area contributed by atoms with Crippen molar-refractivity contribution in [2.75, 3.05) is 5.75 Å². The lowest BCUT2D eigenvalue weighted by molar-refractivity contribution is 0.385. The smallest absolute Gasteiger partial charge is 0.236 e. The summed E-state index contributed by atoms with van der Waals surface area (Å²) in [5, 5.41) is 12.3. The molecule has 0 atom stereocenters. The maximum Gasteiger partial charge on any atom is 0.236 e. The van der Waals surface area contributed by atoms with E-state index in [9.17, 15) is 4.39 Å². The van der Waals surface area contributed by atoms with Crippen LogP contribution in [0.3, 0.4) is 0 Å². The summed E-state index contributed by atoms with van der Waals surface area (Å²) in [5.74, 6) is 1.19. The fourth-order valence-electron chi connectivity index (χ4n) is 1.46.